The van der Waals surface area contributed by atoms with Crippen LogP contribution in [0.15, 0.2) is 24.3 Å². The molecular formula is C15H19F3N2O4. The number of carbonyl (C=O) groups excluding carboxylic acids is 1. The van der Waals surface area contributed by atoms with Crippen LogP contribution in [0.4, 0.5) is 13.2 Å². The lowest BCUT2D eigenvalue weighted by Gasteiger charge is -2.20. The molecule has 0 aliphatic carbocycles. The minimum atomic E-state index is -5.08. The molecule has 1 aliphatic heterocycles. The van der Waals surface area contributed by atoms with E-state index >= 15 is 0 Å². The van der Waals surface area contributed by atoms with E-state index in [1.165, 1.54) is 0 Å². The van der Waals surface area contributed by atoms with E-state index in [0.29, 0.717) is 6.42 Å². The number of carboxylic acid groups (broad SMARTS) is 1. The Morgan fingerprint density at radius 1 is 1.17 bits per heavy atom. The number of phenols is 1. The topological polar surface area (TPSA) is 104 Å². The third-order valence-electron chi connectivity index (χ3n) is 3.37. The number of alkyl halides is 3. The first-order valence-corrected chi connectivity index (χ1v) is 7.23. The van der Waals surface area contributed by atoms with E-state index in [1.54, 1.807) is 24.3 Å². The van der Waals surface area contributed by atoms with Crippen LogP contribution in [0.2, 0.25) is 0 Å². The highest BCUT2D eigenvalue weighted by atomic mass is 19.4. The predicted octanol–water partition coefficient (Wildman–Crippen LogP) is 1.52. The summed E-state index contributed by atoms with van der Waals surface area (Å²) in [4.78, 5) is 22.7. The standard InChI is InChI=1S/C13H18N2O2.C2HF3O2/c14-12(13(17)15-7-1-2-8-15)9-10-3-5-11(16)6-4-10;3-2(4,5)1(6)7/h3-6,12,16H,1-2,7-9,14H2;(H,6,7)/t12-;/m0./s1. The molecule has 6 nitrogen and oxygen atoms in total. The van der Waals surface area contributed by atoms with Crippen molar-refractivity contribution < 1.29 is 33.0 Å². The Labute approximate surface area is 136 Å². The maximum absolute atomic E-state index is 12.0. The van der Waals surface area contributed by atoms with Gasteiger partial charge in [-0.15, -0.1) is 0 Å². The number of likely N-dealkylation sites (tertiary alicyclic amines) is 1. The van der Waals surface area contributed by atoms with E-state index in [9.17, 15) is 18.0 Å². The molecule has 0 spiro atoms. The fourth-order valence-corrected chi connectivity index (χ4v) is 2.15. The van der Waals surface area contributed by atoms with Crippen molar-refractivity contribution >= 4 is 11.9 Å². The molecule has 0 aromatic heterocycles. The smallest absolute Gasteiger partial charge is 0.490 e. The van der Waals surface area contributed by atoms with Gasteiger partial charge in [0.2, 0.25) is 5.91 Å². The summed E-state index contributed by atoms with van der Waals surface area (Å²) in [5, 5.41) is 16.3. The van der Waals surface area contributed by atoms with E-state index in [0.717, 1.165) is 31.5 Å². The highest BCUT2D eigenvalue weighted by Gasteiger charge is 2.38. The van der Waals surface area contributed by atoms with Gasteiger partial charge in [-0.3, -0.25) is 4.79 Å². The Hall–Kier alpha value is -2.29. The van der Waals surface area contributed by atoms with Crippen molar-refractivity contribution in [1.82, 2.24) is 4.90 Å². The van der Waals surface area contributed by atoms with Crippen molar-refractivity contribution in [3.63, 3.8) is 0 Å². The van der Waals surface area contributed by atoms with Crippen LogP contribution in [0, 0.1) is 0 Å². The Morgan fingerprint density at radius 3 is 2.04 bits per heavy atom. The summed E-state index contributed by atoms with van der Waals surface area (Å²) in [7, 11) is 0. The zero-order valence-electron chi connectivity index (χ0n) is 12.8. The van der Waals surface area contributed by atoms with Gasteiger partial charge >= 0.3 is 12.1 Å². The number of amides is 1. The Bertz CT molecular complexity index is 555. The molecule has 1 atom stereocenters. The minimum Gasteiger partial charge on any atom is -0.508 e. The fraction of sp³-hybridized carbons (Fsp3) is 0.467. The molecule has 1 fully saturated rings. The highest BCUT2D eigenvalue weighted by molar-refractivity contribution is 5.82. The molecule has 9 heteroatoms. The number of carboxylic acids is 1. The number of rotatable bonds is 3. The number of benzene rings is 1. The monoisotopic (exact) mass is 348 g/mol. The summed E-state index contributed by atoms with van der Waals surface area (Å²) in [5.74, 6) is -2.49. The SMILES string of the molecule is N[C@@H](Cc1ccc(O)cc1)C(=O)N1CCCC1.O=C(O)C(F)(F)F. The van der Waals surface area contributed by atoms with Gasteiger partial charge in [-0.1, -0.05) is 12.1 Å². The fourth-order valence-electron chi connectivity index (χ4n) is 2.15. The van der Waals surface area contributed by atoms with Crippen LogP contribution in [0.25, 0.3) is 0 Å². The largest absolute Gasteiger partial charge is 0.508 e. The average molecular weight is 348 g/mol. The molecule has 0 bridgehead atoms. The van der Waals surface area contributed by atoms with E-state index < -0.39 is 18.2 Å². The second-order valence-corrected chi connectivity index (χ2v) is 5.31. The molecule has 1 amide bonds. The average Bonchev–Trinajstić information content (AvgIpc) is 3.02. The van der Waals surface area contributed by atoms with Crippen LogP contribution in [0.3, 0.4) is 0 Å². The van der Waals surface area contributed by atoms with Crippen molar-refractivity contribution in [2.24, 2.45) is 5.73 Å². The number of nitrogens with two attached hydrogens (primary N) is 1. The van der Waals surface area contributed by atoms with Crippen LogP contribution in [-0.2, 0) is 16.0 Å². The zero-order valence-corrected chi connectivity index (χ0v) is 12.8. The molecule has 24 heavy (non-hydrogen) atoms. The zero-order chi connectivity index (χ0) is 18.3. The van der Waals surface area contributed by atoms with Crippen molar-refractivity contribution in [3.8, 4) is 5.75 Å². The van der Waals surface area contributed by atoms with Gasteiger partial charge in [0.15, 0.2) is 0 Å². The van der Waals surface area contributed by atoms with Gasteiger partial charge in [0.25, 0.3) is 0 Å². The lowest BCUT2D eigenvalue weighted by molar-refractivity contribution is -0.192. The first kappa shape index (κ1) is 19.8. The second-order valence-electron chi connectivity index (χ2n) is 5.31. The number of hydrogen-bond donors (Lipinski definition) is 3. The summed E-state index contributed by atoms with van der Waals surface area (Å²) >= 11 is 0. The summed E-state index contributed by atoms with van der Waals surface area (Å²) in [5.41, 5.74) is 6.89. The van der Waals surface area contributed by atoms with Gasteiger partial charge in [-0.2, -0.15) is 13.2 Å². The molecule has 0 saturated carbocycles. The predicted molar refractivity (Wildman–Crippen MR) is 79.3 cm³/mol. The van der Waals surface area contributed by atoms with Gasteiger partial charge in [-0.25, -0.2) is 4.79 Å². The molecule has 1 saturated heterocycles. The summed E-state index contributed by atoms with van der Waals surface area (Å²) in [6, 6.07) is 6.35. The number of phenolic OH excluding ortho intramolecular Hbond substituents is 1. The number of carbonyl (C=O) groups is 2. The molecule has 1 aromatic rings. The minimum absolute atomic E-state index is 0.0376. The van der Waals surface area contributed by atoms with Gasteiger partial charge in [-0.05, 0) is 37.0 Å². The molecule has 0 radical (unpaired) electrons. The number of halogens is 3. The molecule has 1 aromatic carbocycles. The maximum atomic E-state index is 12.0. The van der Waals surface area contributed by atoms with Crippen LogP contribution in [0.1, 0.15) is 18.4 Å². The molecule has 1 heterocycles. The third-order valence-corrected chi connectivity index (χ3v) is 3.37. The number of hydrogen-bond acceptors (Lipinski definition) is 4. The number of nitrogens with zero attached hydrogens (tertiary/aromatic N) is 1. The first-order chi connectivity index (χ1) is 11.1. The van der Waals surface area contributed by atoms with E-state index in [4.69, 9.17) is 20.7 Å². The van der Waals surface area contributed by atoms with Gasteiger partial charge in [0.05, 0.1) is 6.04 Å². The van der Waals surface area contributed by atoms with Crippen LogP contribution >= 0.6 is 0 Å². The van der Waals surface area contributed by atoms with Gasteiger partial charge in [0, 0.05) is 13.1 Å². The van der Waals surface area contributed by atoms with Crippen LogP contribution in [-0.4, -0.2) is 52.3 Å². The van der Waals surface area contributed by atoms with E-state index in [1.807, 2.05) is 4.90 Å². The van der Waals surface area contributed by atoms with E-state index in [-0.39, 0.29) is 11.7 Å². The first-order valence-electron chi connectivity index (χ1n) is 7.23. The molecule has 2 rings (SSSR count). The van der Waals surface area contributed by atoms with Crippen LogP contribution < -0.4 is 5.73 Å². The molecular weight excluding hydrogens is 329 g/mol. The van der Waals surface area contributed by atoms with Gasteiger partial charge < -0.3 is 20.8 Å². The number of aliphatic carboxylic acids is 1. The molecule has 4 N–H and O–H groups in total. The Morgan fingerprint density at radius 2 is 1.62 bits per heavy atom. The van der Waals surface area contributed by atoms with E-state index in [2.05, 4.69) is 0 Å². The summed E-state index contributed by atoms with van der Waals surface area (Å²) < 4.78 is 31.7. The van der Waals surface area contributed by atoms with Crippen molar-refractivity contribution in [2.75, 3.05) is 13.1 Å². The normalized spacial score (nSPS) is 15.4. The second kappa shape index (κ2) is 8.53. The van der Waals surface area contributed by atoms with Crippen molar-refractivity contribution in [1.29, 1.82) is 0 Å². The third kappa shape index (κ3) is 6.45. The number of aromatic hydroxyl groups is 1. The van der Waals surface area contributed by atoms with Crippen LogP contribution in [0.5, 0.6) is 5.75 Å². The highest BCUT2D eigenvalue weighted by Crippen LogP contribution is 2.14. The Balaban J connectivity index is 0.000000351. The Kier molecular flexibility index (Phi) is 7.02. The van der Waals surface area contributed by atoms with Gasteiger partial charge in [0.1, 0.15) is 5.75 Å². The molecule has 134 valence electrons. The summed E-state index contributed by atoms with van der Waals surface area (Å²) in [6.45, 7) is 1.67. The summed E-state index contributed by atoms with van der Waals surface area (Å²) in [6.07, 6.45) is -2.40. The molecule has 1 aliphatic rings. The molecule has 0 unspecified atom stereocenters. The lowest BCUT2D eigenvalue weighted by Crippen LogP contribution is -2.43. The quantitative estimate of drug-likeness (QED) is 0.768. The van der Waals surface area contributed by atoms with Crippen molar-refractivity contribution in [2.45, 2.75) is 31.5 Å². The maximum Gasteiger partial charge on any atom is 0.490 e. The lowest BCUT2D eigenvalue weighted by atomic mass is 10.1. The van der Waals surface area contributed by atoms with Crippen molar-refractivity contribution in [3.05, 3.63) is 29.8 Å².